The number of carbonyl (C=O) groups is 1. The first-order valence-electron chi connectivity index (χ1n) is 7.38. The van der Waals surface area contributed by atoms with Crippen LogP contribution in [0.2, 0.25) is 0 Å². The molecule has 0 aliphatic heterocycles. The van der Waals surface area contributed by atoms with Gasteiger partial charge in [0.05, 0.1) is 13.7 Å². The van der Waals surface area contributed by atoms with Gasteiger partial charge in [0.2, 0.25) is 0 Å². The lowest BCUT2D eigenvalue weighted by molar-refractivity contribution is -0.147. The number of hydrogen-bond donors (Lipinski definition) is 1. The van der Waals surface area contributed by atoms with Crippen molar-refractivity contribution in [1.82, 2.24) is 5.32 Å². The van der Waals surface area contributed by atoms with Gasteiger partial charge in [-0.25, -0.2) is 4.79 Å². The van der Waals surface area contributed by atoms with Crippen LogP contribution in [-0.2, 0) is 16.1 Å². The van der Waals surface area contributed by atoms with Gasteiger partial charge in [0.15, 0.2) is 17.6 Å². The molecule has 2 rings (SSSR count). The Morgan fingerprint density at radius 1 is 1.43 bits per heavy atom. The molecule has 0 radical (unpaired) electrons. The second kappa shape index (κ2) is 7.31. The summed E-state index contributed by atoms with van der Waals surface area (Å²) in [4.78, 5) is 11.6. The van der Waals surface area contributed by atoms with E-state index in [2.05, 4.69) is 5.32 Å². The van der Waals surface area contributed by atoms with E-state index in [4.69, 9.17) is 14.2 Å². The molecule has 0 heterocycles. The summed E-state index contributed by atoms with van der Waals surface area (Å²) in [6.45, 7) is 4.84. The molecule has 1 unspecified atom stereocenters. The van der Waals surface area contributed by atoms with Crippen molar-refractivity contribution in [3.8, 4) is 11.5 Å². The zero-order chi connectivity index (χ0) is 15.2. The third kappa shape index (κ3) is 4.36. The van der Waals surface area contributed by atoms with Gasteiger partial charge in [0.1, 0.15) is 0 Å². The number of nitrogens with one attached hydrogen (secondary N) is 1. The van der Waals surface area contributed by atoms with Crippen LogP contribution in [0.15, 0.2) is 18.2 Å². The molecule has 1 aromatic rings. The predicted molar refractivity (Wildman–Crippen MR) is 79.6 cm³/mol. The second-order valence-electron chi connectivity index (χ2n) is 5.12. The van der Waals surface area contributed by atoms with E-state index in [-0.39, 0.29) is 0 Å². The minimum absolute atomic E-state index is 0.401. The number of ether oxygens (including phenoxy) is 3. The first kappa shape index (κ1) is 15.6. The summed E-state index contributed by atoms with van der Waals surface area (Å²) >= 11 is 0. The Labute approximate surface area is 125 Å². The highest BCUT2D eigenvalue weighted by Gasteiger charge is 2.23. The van der Waals surface area contributed by atoms with Crippen molar-refractivity contribution in [3.63, 3.8) is 0 Å². The molecule has 1 aromatic carbocycles. The molecule has 0 saturated heterocycles. The molecule has 1 N–H and O–H groups in total. The Hall–Kier alpha value is -1.75. The van der Waals surface area contributed by atoms with Gasteiger partial charge in [-0.3, -0.25) is 0 Å². The maximum absolute atomic E-state index is 11.6. The van der Waals surface area contributed by atoms with Gasteiger partial charge in [-0.1, -0.05) is 12.1 Å². The summed E-state index contributed by atoms with van der Waals surface area (Å²) in [6.07, 6.45) is 1.77. The lowest BCUT2D eigenvalue weighted by Crippen LogP contribution is -2.26. The maximum atomic E-state index is 11.6. The number of rotatable bonds is 8. The average Bonchev–Trinajstić information content (AvgIpc) is 3.31. The van der Waals surface area contributed by atoms with Crippen LogP contribution in [0.25, 0.3) is 0 Å². The third-order valence-corrected chi connectivity index (χ3v) is 3.35. The Balaban J connectivity index is 2.17. The fraction of sp³-hybridized carbons (Fsp3) is 0.562. The van der Waals surface area contributed by atoms with E-state index in [0.29, 0.717) is 30.7 Å². The van der Waals surface area contributed by atoms with E-state index in [1.807, 2.05) is 25.1 Å². The Morgan fingerprint density at radius 3 is 2.81 bits per heavy atom. The quantitative estimate of drug-likeness (QED) is 0.745. The van der Waals surface area contributed by atoms with Gasteiger partial charge in [-0.05, 0) is 32.8 Å². The van der Waals surface area contributed by atoms with Crippen molar-refractivity contribution in [3.05, 3.63) is 23.8 Å². The number of carbonyl (C=O) groups excluding carboxylic acids is 1. The van der Waals surface area contributed by atoms with Crippen LogP contribution in [0.4, 0.5) is 0 Å². The SMILES string of the molecule is CCOc1cccc(CNC2CC2)c1OC(C)C(=O)OC. The van der Waals surface area contributed by atoms with Crippen molar-refractivity contribution in [2.24, 2.45) is 0 Å². The molecule has 5 heteroatoms. The van der Waals surface area contributed by atoms with E-state index in [0.717, 1.165) is 5.56 Å². The van der Waals surface area contributed by atoms with E-state index < -0.39 is 12.1 Å². The number of esters is 1. The van der Waals surface area contributed by atoms with Crippen molar-refractivity contribution in [2.75, 3.05) is 13.7 Å². The van der Waals surface area contributed by atoms with Gasteiger partial charge in [0, 0.05) is 18.2 Å². The fourth-order valence-corrected chi connectivity index (χ4v) is 2.04. The Morgan fingerprint density at radius 2 is 2.19 bits per heavy atom. The molecule has 5 nitrogen and oxygen atoms in total. The number of benzene rings is 1. The van der Waals surface area contributed by atoms with Crippen LogP contribution in [0, 0.1) is 0 Å². The minimum Gasteiger partial charge on any atom is -0.490 e. The Bertz CT molecular complexity index is 485. The number of para-hydroxylation sites is 1. The summed E-state index contributed by atoms with van der Waals surface area (Å²) in [5.41, 5.74) is 0.989. The zero-order valence-corrected chi connectivity index (χ0v) is 12.8. The monoisotopic (exact) mass is 293 g/mol. The van der Waals surface area contributed by atoms with Crippen molar-refractivity contribution < 1.29 is 19.0 Å². The summed E-state index contributed by atoms with van der Waals surface area (Å²) in [5, 5.41) is 3.45. The fourth-order valence-electron chi connectivity index (χ4n) is 2.04. The first-order chi connectivity index (χ1) is 10.2. The highest BCUT2D eigenvalue weighted by Crippen LogP contribution is 2.33. The van der Waals surface area contributed by atoms with Crippen LogP contribution in [0.5, 0.6) is 11.5 Å². The van der Waals surface area contributed by atoms with Gasteiger partial charge in [0.25, 0.3) is 0 Å². The molecule has 0 aromatic heterocycles. The highest BCUT2D eigenvalue weighted by molar-refractivity contribution is 5.74. The average molecular weight is 293 g/mol. The van der Waals surface area contributed by atoms with Crippen molar-refractivity contribution in [2.45, 2.75) is 45.4 Å². The van der Waals surface area contributed by atoms with Crippen LogP contribution in [-0.4, -0.2) is 31.8 Å². The molecule has 1 atom stereocenters. The third-order valence-electron chi connectivity index (χ3n) is 3.35. The van der Waals surface area contributed by atoms with Crippen molar-refractivity contribution >= 4 is 5.97 Å². The molecule has 1 aliphatic rings. The van der Waals surface area contributed by atoms with Gasteiger partial charge >= 0.3 is 5.97 Å². The normalized spacial score (nSPS) is 15.4. The number of methoxy groups -OCH3 is 1. The van der Waals surface area contributed by atoms with E-state index in [9.17, 15) is 4.79 Å². The molecular formula is C16H23NO4. The smallest absolute Gasteiger partial charge is 0.346 e. The van der Waals surface area contributed by atoms with Gasteiger partial charge in [-0.15, -0.1) is 0 Å². The van der Waals surface area contributed by atoms with E-state index in [1.54, 1.807) is 6.92 Å². The molecule has 1 fully saturated rings. The molecule has 0 amide bonds. The largest absolute Gasteiger partial charge is 0.490 e. The lowest BCUT2D eigenvalue weighted by Gasteiger charge is -2.19. The van der Waals surface area contributed by atoms with E-state index >= 15 is 0 Å². The molecular weight excluding hydrogens is 270 g/mol. The standard InChI is InChI=1S/C16H23NO4/c1-4-20-14-7-5-6-12(10-17-13-8-9-13)15(14)21-11(2)16(18)19-3/h5-7,11,13,17H,4,8-10H2,1-3H3. The zero-order valence-electron chi connectivity index (χ0n) is 12.8. The first-order valence-corrected chi connectivity index (χ1v) is 7.38. The van der Waals surface area contributed by atoms with Gasteiger partial charge in [-0.2, -0.15) is 0 Å². The van der Waals surface area contributed by atoms with Crippen LogP contribution in [0.3, 0.4) is 0 Å². The number of hydrogen-bond acceptors (Lipinski definition) is 5. The predicted octanol–water partition coefficient (Wildman–Crippen LogP) is 2.28. The summed E-state index contributed by atoms with van der Waals surface area (Å²) in [7, 11) is 1.35. The second-order valence-corrected chi connectivity index (χ2v) is 5.12. The van der Waals surface area contributed by atoms with Crippen LogP contribution < -0.4 is 14.8 Å². The molecule has 116 valence electrons. The van der Waals surface area contributed by atoms with E-state index in [1.165, 1.54) is 20.0 Å². The summed E-state index contributed by atoms with van der Waals surface area (Å²) in [6, 6.07) is 6.37. The molecule has 21 heavy (non-hydrogen) atoms. The molecule has 0 bridgehead atoms. The highest BCUT2D eigenvalue weighted by atomic mass is 16.6. The van der Waals surface area contributed by atoms with Crippen molar-refractivity contribution in [1.29, 1.82) is 0 Å². The Kier molecular flexibility index (Phi) is 5.44. The summed E-state index contributed by atoms with van der Waals surface area (Å²) < 4.78 is 16.1. The summed E-state index contributed by atoms with van der Waals surface area (Å²) in [5.74, 6) is 0.871. The molecule has 1 saturated carbocycles. The minimum atomic E-state index is -0.670. The lowest BCUT2D eigenvalue weighted by atomic mass is 10.1. The van der Waals surface area contributed by atoms with Crippen LogP contribution >= 0.6 is 0 Å². The van der Waals surface area contributed by atoms with Crippen LogP contribution in [0.1, 0.15) is 32.3 Å². The molecule has 0 spiro atoms. The topological polar surface area (TPSA) is 56.8 Å². The maximum Gasteiger partial charge on any atom is 0.346 e. The molecule has 1 aliphatic carbocycles. The van der Waals surface area contributed by atoms with Gasteiger partial charge < -0.3 is 19.5 Å².